The van der Waals surface area contributed by atoms with Gasteiger partial charge < -0.3 is 10.4 Å². The van der Waals surface area contributed by atoms with Crippen LogP contribution < -0.4 is 5.32 Å². The molecule has 1 aromatic rings. The van der Waals surface area contributed by atoms with Crippen molar-refractivity contribution in [2.45, 2.75) is 25.3 Å². The second kappa shape index (κ2) is 4.90. The second-order valence-electron chi connectivity index (χ2n) is 4.75. The second-order valence-corrected chi connectivity index (χ2v) is 5.66. The number of hydrogen-bond donors (Lipinski definition) is 2. The SMILES string of the molecule is Cc1c(C(=O)NC2(CO)CC2)cc(Br)cc1[N+](=O)[O-]. The molecule has 0 unspecified atom stereocenters. The maximum absolute atomic E-state index is 12.1. The molecule has 0 heterocycles. The minimum Gasteiger partial charge on any atom is -0.394 e. The number of hydrogen-bond acceptors (Lipinski definition) is 4. The van der Waals surface area contributed by atoms with Gasteiger partial charge in [-0.1, -0.05) is 15.9 Å². The molecule has 2 N–H and O–H groups in total. The molecule has 1 aromatic carbocycles. The fourth-order valence-electron chi connectivity index (χ4n) is 1.87. The van der Waals surface area contributed by atoms with E-state index in [1.807, 2.05) is 0 Å². The van der Waals surface area contributed by atoms with Crippen LogP contribution in [-0.2, 0) is 0 Å². The molecule has 0 atom stereocenters. The summed E-state index contributed by atoms with van der Waals surface area (Å²) in [5, 5.41) is 22.8. The summed E-state index contributed by atoms with van der Waals surface area (Å²) in [7, 11) is 0. The van der Waals surface area contributed by atoms with E-state index in [1.54, 1.807) is 6.07 Å². The van der Waals surface area contributed by atoms with Crippen molar-refractivity contribution in [2.75, 3.05) is 6.61 Å². The fraction of sp³-hybridized carbons (Fsp3) is 0.417. The quantitative estimate of drug-likeness (QED) is 0.652. The van der Waals surface area contributed by atoms with Crippen LogP contribution in [0.2, 0.25) is 0 Å². The number of aliphatic hydroxyl groups excluding tert-OH is 1. The average molecular weight is 329 g/mol. The van der Waals surface area contributed by atoms with E-state index < -0.39 is 16.4 Å². The molecule has 2 rings (SSSR count). The topological polar surface area (TPSA) is 92.5 Å². The van der Waals surface area contributed by atoms with Gasteiger partial charge in [-0.2, -0.15) is 0 Å². The largest absolute Gasteiger partial charge is 0.394 e. The van der Waals surface area contributed by atoms with Crippen LogP contribution in [0.15, 0.2) is 16.6 Å². The van der Waals surface area contributed by atoms with Crippen LogP contribution in [0.5, 0.6) is 0 Å². The molecule has 0 bridgehead atoms. The van der Waals surface area contributed by atoms with Gasteiger partial charge in [0.15, 0.2) is 0 Å². The molecule has 1 aliphatic rings. The van der Waals surface area contributed by atoms with Crippen LogP contribution in [0.3, 0.4) is 0 Å². The predicted molar refractivity (Wildman–Crippen MR) is 72.1 cm³/mol. The summed E-state index contributed by atoms with van der Waals surface area (Å²) >= 11 is 3.16. The fourth-order valence-corrected chi connectivity index (χ4v) is 2.32. The van der Waals surface area contributed by atoms with Gasteiger partial charge >= 0.3 is 0 Å². The van der Waals surface area contributed by atoms with Gasteiger partial charge in [-0.3, -0.25) is 14.9 Å². The number of carbonyl (C=O) groups is 1. The van der Waals surface area contributed by atoms with Crippen molar-refractivity contribution >= 4 is 27.5 Å². The summed E-state index contributed by atoms with van der Waals surface area (Å²) in [6.07, 6.45) is 1.45. The Hall–Kier alpha value is -1.47. The first-order valence-corrected chi connectivity index (χ1v) is 6.56. The summed E-state index contributed by atoms with van der Waals surface area (Å²) in [6.45, 7) is 1.42. The molecular formula is C12H13BrN2O4. The van der Waals surface area contributed by atoms with Crippen molar-refractivity contribution in [3.63, 3.8) is 0 Å². The summed E-state index contributed by atoms with van der Waals surface area (Å²) in [5.74, 6) is -0.395. The molecule has 0 aromatic heterocycles. The zero-order valence-corrected chi connectivity index (χ0v) is 11.9. The normalized spacial score (nSPS) is 15.9. The third-order valence-electron chi connectivity index (χ3n) is 3.32. The van der Waals surface area contributed by atoms with Crippen molar-refractivity contribution in [1.82, 2.24) is 5.32 Å². The average Bonchev–Trinajstić information content (AvgIpc) is 3.11. The number of nitro benzene ring substituents is 1. The highest BCUT2D eigenvalue weighted by Gasteiger charge is 2.43. The van der Waals surface area contributed by atoms with Crippen LogP contribution in [0.4, 0.5) is 5.69 Å². The number of nitro groups is 1. The first-order valence-electron chi connectivity index (χ1n) is 5.76. The Kier molecular flexibility index (Phi) is 3.60. The van der Waals surface area contributed by atoms with Gasteiger partial charge in [0.25, 0.3) is 11.6 Å². The molecule has 0 spiro atoms. The third kappa shape index (κ3) is 2.76. The standard InChI is InChI=1S/C12H13BrN2O4/c1-7-9(4-8(13)5-10(7)15(18)19)11(17)14-12(6-16)2-3-12/h4-5,16H,2-3,6H2,1H3,(H,14,17). The van der Waals surface area contributed by atoms with Crippen LogP contribution in [0.1, 0.15) is 28.8 Å². The summed E-state index contributed by atoms with van der Waals surface area (Å²) in [6, 6.07) is 2.91. The van der Waals surface area contributed by atoms with Crippen LogP contribution >= 0.6 is 15.9 Å². The van der Waals surface area contributed by atoms with E-state index in [0.29, 0.717) is 10.0 Å². The molecule has 0 radical (unpaired) electrons. The van der Waals surface area contributed by atoms with Crippen molar-refractivity contribution in [3.8, 4) is 0 Å². The number of halogens is 1. The van der Waals surface area contributed by atoms with Crippen molar-refractivity contribution in [2.24, 2.45) is 0 Å². The minimum atomic E-state index is -0.541. The van der Waals surface area contributed by atoms with Gasteiger partial charge in [-0.25, -0.2) is 0 Å². The predicted octanol–water partition coefficient (Wildman–Crippen LogP) is 1.92. The number of benzene rings is 1. The van der Waals surface area contributed by atoms with E-state index in [2.05, 4.69) is 21.2 Å². The first kappa shape index (κ1) is 14.0. The Labute approximate surface area is 118 Å². The molecule has 7 heteroatoms. The number of rotatable bonds is 4. The molecule has 6 nitrogen and oxygen atoms in total. The Balaban J connectivity index is 2.34. The van der Waals surface area contributed by atoms with E-state index >= 15 is 0 Å². The summed E-state index contributed by atoms with van der Waals surface area (Å²) in [5.41, 5.74) is -0.0747. The molecule has 1 fully saturated rings. The van der Waals surface area contributed by atoms with E-state index in [9.17, 15) is 20.0 Å². The van der Waals surface area contributed by atoms with E-state index in [1.165, 1.54) is 13.0 Å². The highest BCUT2D eigenvalue weighted by molar-refractivity contribution is 9.10. The molecule has 19 heavy (non-hydrogen) atoms. The molecule has 1 amide bonds. The number of nitrogens with one attached hydrogen (secondary N) is 1. The zero-order chi connectivity index (χ0) is 14.2. The Morgan fingerprint density at radius 1 is 1.58 bits per heavy atom. The number of aliphatic hydroxyl groups is 1. The molecule has 0 aliphatic heterocycles. The maximum atomic E-state index is 12.1. The van der Waals surface area contributed by atoms with Crippen LogP contribution in [-0.4, -0.2) is 28.1 Å². The number of nitrogens with zero attached hydrogens (tertiary/aromatic N) is 1. The van der Waals surface area contributed by atoms with Gasteiger partial charge in [-0.05, 0) is 25.8 Å². The maximum Gasteiger partial charge on any atom is 0.274 e. The van der Waals surface area contributed by atoms with Crippen molar-refractivity contribution in [1.29, 1.82) is 0 Å². The van der Waals surface area contributed by atoms with Crippen molar-refractivity contribution in [3.05, 3.63) is 37.8 Å². The minimum absolute atomic E-state index is 0.103. The lowest BCUT2D eigenvalue weighted by molar-refractivity contribution is -0.385. The number of amides is 1. The Bertz CT molecular complexity index is 555. The molecule has 1 saturated carbocycles. The lowest BCUT2D eigenvalue weighted by Crippen LogP contribution is -2.39. The lowest BCUT2D eigenvalue weighted by Gasteiger charge is -2.15. The monoisotopic (exact) mass is 328 g/mol. The van der Waals surface area contributed by atoms with Gasteiger partial charge in [0.05, 0.1) is 22.6 Å². The van der Waals surface area contributed by atoms with E-state index in [-0.39, 0.29) is 17.9 Å². The zero-order valence-electron chi connectivity index (χ0n) is 10.3. The van der Waals surface area contributed by atoms with Gasteiger partial charge in [0, 0.05) is 16.1 Å². The van der Waals surface area contributed by atoms with Gasteiger partial charge in [0.1, 0.15) is 0 Å². The van der Waals surface area contributed by atoms with E-state index in [0.717, 1.165) is 12.8 Å². The van der Waals surface area contributed by atoms with Gasteiger partial charge in [-0.15, -0.1) is 0 Å². The van der Waals surface area contributed by atoms with Crippen molar-refractivity contribution < 1.29 is 14.8 Å². The summed E-state index contributed by atoms with van der Waals surface area (Å²) < 4.78 is 0.476. The van der Waals surface area contributed by atoms with Crippen LogP contribution in [0.25, 0.3) is 0 Å². The highest BCUT2D eigenvalue weighted by atomic mass is 79.9. The first-order chi connectivity index (χ1) is 8.88. The molecule has 1 aliphatic carbocycles. The highest BCUT2D eigenvalue weighted by Crippen LogP contribution is 2.35. The Morgan fingerprint density at radius 2 is 2.21 bits per heavy atom. The molecule has 0 saturated heterocycles. The Morgan fingerprint density at radius 3 is 2.68 bits per heavy atom. The van der Waals surface area contributed by atoms with Crippen LogP contribution in [0, 0.1) is 17.0 Å². The third-order valence-corrected chi connectivity index (χ3v) is 3.78. The van der Waals surface area contributed by atoms with E-state index in [4.69, 9.17) is 0 Å². The smallest absolute Gasteiger partial charge is 0.274 e. The lowest BCUT2D eigenvalue weighted by atomic mass is 10.1. The molecular weight excluding hydrogens is 316 g/mol. The molecule has 102 valence electrons. The van der Waals surface area contributed by atoms with Gasteiger partial charge in [0.2, 0.25) is 0 Å². The summed E-state index contributed by atoms with van der Waals surface area (Å²) in [4.78, 5) is 22.5. The number of carbonyl (C=O) groups excluding carboxylic acids is 1.